The Balaban J connectivity index is 2.39. The molecular weight excluding hydrogens is 234 g/mol. The van der Waals surface area contributed by atoms with E-state index in [4.69, 9.17) is 11.0 Å². The fourth-order valence-corrected chi connectivity index (χ4v) is 1.63. The molecular formula is C11H9N5O2. The van der Waals surface area contributed by atoms with Crippen LogP contribution >= 0.6 is 0 Å². The van der Waals surface area contributed by atoms with Crippen LogP contribution in [0.3, 0.4) is 0 Å². The summed E-state index contributed by atoms with van der Waals surface area (Å²) in [5.41, 5.74) is 6.29. The predicted octanol–water partition coefficient (Wildman–Crippen LogP) is 1.29. The molecule has 7 nitrogen and oxygen atoms in total. The number of rotatable bonds is 3. The average molecular weight is 243 g/mol. The van der Waals surface area contributed by atoms with E-state index in [0.717, 1.165) is 0 Å². The molecule has 7 heteroatoms. The minimum absolute atomic E-state index is 0.111. The summed E-state index contributed by atoms with van der Waals surface area (Å²) in [4.78, 5) is 14.1. The summed E-state index contributed by atoms with van der Waals surface area (Å²) >= 11 is 0. The molecule has 2 aromatic rings. The lowest BCUT2D eigenvalue weighted by Gasteiger charge is -2.07. The zero-order valence-electron chi connectivity index (χ0n) is 9.28. The van der Waals surface area contributed by atoms with Gasteiger partial charge in [-0.1, -0.05) is 12.1 Å². The first-order valence-electron chi connectivity index (χ1n) is 5.06. The third-order valence-electron chi connectivity index (χ3n) is 2.53. The second-order valence-corrected chi connectivity index (χ2v) is 3.60. The number of imidazole rings is 1. The Kier molecular flexibility index (Phi) is 2.93. The van der Waals surface area contributed by atoms with Crippen LogP contribution in [-0.2, 0) is 6.54 Å². The molecule has 90 valence electrons. The van der Waals surface area contributed by atoms with E-state index >= 15 is 0 Å². The number of nitrogen functional groups attached to an aromatic ring is 1. The Labute approximate surface area is 102 Å². The van der Waals surface area contributed by atoms with E-state index in [9.17, 15) is 10.1 Å². The number of nitrogens with zero attached hydrogens (tertiary/aromatic N) is 4. The molecule has 0 spiro atoms. The summed E-state index contributed by atoms with van der Waals surface area (Å²) in [7, 11) is 0. The van der Waals surface area contributed by atoms with Crippen molar-refractivity contribution < 1.29 is 4.92 Å². The van der Waals surface area contributed by atoms with Crippen LogP contribution in [0.25, 0.3) is 0 Å². The maximum Gasteiger partial charge on any atom is 0.292 e. The van der Waals surface area contributed by atoms with Crippen molar-refractivity contribution in [2.24, 2.45) is 0 Å². The van der Waals surface area contributed by atoms with E-state index in [1.54, 1.807) is 22.9 Å². The van der Waals surface area contributed by atoms with Crippen LogP contribution in [0.4, 0.5) is 11.4 Å². The highest BCUT2D eigenvalue weighted by molar-refractivity contribution is 5.63. The first-order chi connectivity index (χ1) is 8.63. The SMILES string of the molecule is N#Cc1nccn1Cc1cccc([N+](=O)[O-])c1N. The summed E-state index contributed by atoms with van der Waals surface area (Å²) in [6.07, 6.45) is 3.11. The van der Waals surface area contributed by atoms with Gasteiger partial charge in [-0.15, -0.1) is 0 Å². The topological polar surface area (TPSA) is 111 Å². The molecule has 0 saturated heterocycles. The van der Waals surface area contributed by atoms with Gasteiger partial charge < -0.3 is 10.3 Å². The lowest BCUT2D eigenvalue weighted by atomic mass is 10.1. The number of nitro groups is 1. The van der Waals surface area contributed by atoms with Gasteiger partial charge in [0.25, 0.3) is 5.69 Å². The molecule has 0 aliphatic carbocycles. The van der Waals surface area contributed by atoms with Gasteiger partial charge in [0.1, 0.15) is 11.8 Å². The van der Waals surface area contributed by atoms with Gasteiger partial charge in [0.2, 0.25) is 5.82 Å². The molecule has 2 N–H and O–H groups in total. The van der Waals surface area contributed by atoms with Crippen LogP contribution in [0.5, 0.6) is 0 Å². The fourth-order valence-electron chi connectivity index (χ4n) is 1.63. The van der Waals surface area contributed by atoms with Crippen molar-refractivity contribution >= 4 is 11.4 Å². The van der Waals surface area contributed by atoms with Crippen LogP contribution in [-0.4, -0.2) is 14.5 Å². The van der Waals surface area contributed by atoms with Gasteiger partial charge in [0.05, 0.1) is 11.5 Å². The van der Waals surface area contributed by atoms with E-state index in [1.807, 2.05) is 6.07 Å². The van der Waals surface area contributed by atoms with E-state index in [0.29, 0.717) is 5.56 Å². The molecule has 2 rings (SSSR count). The van der Waals surface area contributed by atoms with Crippen molar-refractivity contribution in [1.82, 2.24) is 9.55 Å². The minimum Gasteiger partial charge on any atom is -0.393 e. The number of nitro benzene ring substituents is 1. The number of nitrogens with two attached hydrogens (primary N) is 1. The molecule has 0 bridgehead atoms. The molecule has 0 fully saturated rings. The molecule has 0 radical (unpaired) electrons. The van der Waals surface area contributed by atoms with Crippen molar-refractivity contribution in [2.45, 2.75) is 6.54 Å². The average Bonchev–Trinajstić information content (AvgIpc) is 2.78. The second-order valence-electron chi connectivity index (χ2n) is 3.60. The van der Waals surface area contributed by atoms with Gasteiger partial charge in [-0.3, -0.25) is 10.1 Å². The summed E-state index contributed by atoms with van der Waals surface area (Å²) in [6, 6.07) is 6.52. The molecule has 18 heavy (non-hydrogen) atoms. The molecule has 0 amide bonds. The van der Waals surface area contributed by atoms with Gasteiger partial charge in [-0.2, -0.15) is 5.26 Å². The fraction of sp³-hybridized carbons (Fsp3) is 0.0909. The maximum absolute atomic E-state index is 10.8. The Bertz CT molecular complexity index is 641. The molecule has 0 aliphatic heterocycles. The Morgan fingerprint density at radius 2 is 2.33 bits per heavy atom. The molecule has 0 saturated carbocycles. The quantitative estimate of drug-likeness (QED) is 0.496. The van der Waals surface area contributed by atoms with E-state index < -0.39 is 4.92 Å². The number of aromatic nitrogens is 2. The lowest BCUT2D eigenvalue weighted by Crippen LogP contribution is -2.06. The number of benzene rings is 1. The zero-order chi connectivity index (χ0) is 13.1. The van der Waals surface area contributed by atoms with Crippen LogP contribution < -0.4 is 5.73 Å². The zero-order valence-corrected chi connectivity index (χ0v) is 9.28. The minimum atomic E-state index is -0.530. The molecule has 0 atom stereocenters. The number of nitriles is 1. The van der Waals surface area contributed by atoms with Crippen LogP contribution in [0, 0.1) is 21.4 Å². The Hall–Kier alpha value is -2.88. The summed E-state index contributed by atoms with van der Waals surface area (Å²) in [6.45, 7) is 0.274. The van der Waals surface area contributed by atoms with Crippen molar-refractivity contribution in [2.75, 3.05) is 5.73 Å². The standard InChI is InChI=1S/C11H9N5O2/c12-6-10-14-4-5-15(10)7-8-2-1-3-9(11(8)13)16(17)18/h1-5H,7,13H2. The number of hydrogen-bond donors (Lipinski definition) is 1. The van der Waals surface area contributed by atoms with E-state index in [-0.39, 0.29) is 23.7 Å². The largest absolute Gasteiger partial charge is 0.393 e. The van der Waals surface area contributed by atoms with Gasteiger partial charge in [0, 0.05) is 24.0 Å². The second kappa shape index (κ2) is 4.55. The predicted molar refractivity (Wildman–Crippen MR) is 63.6 cm³/mol. The smallest absolute Gasteiger partial charge is 0.292 e. The first-order valence-corrected chi connectivity index (χ1v) is 5.06. The maximum atomic E-state index is 10.8. The normalized spacial score (nSPS) is 9.94. The summed E-state index contributed by atoms with van der Waals surface area (Å²) in [5, 5.41) is 19.6. The third kappa shape index (κ3) is 1.99. The van der Waals surface area contributed by atoms with Crippen molar-refractivity contribution in [3.05, 3.63) is 52.1 Å². The Morgan fingerprint density at radius 1 is 1.56 bits per heavy atom. The van der Waals surface area contributed by atoms with Gasteiger partial charge in [0.15, 0.2) is 0 Å². The van der Waals surface area contributed by atoms with Crippen molar-refractivity contribution in [3.8, 4) is 6.07 Å². The molecule has 0 unspecified atom stereocenters. The van der Waals surface area contributed by atoms with Crippen LogP contribution in [0.1, 0.15) is 11.4 Å². The lowest BCUT2D eigenvalue weighted by molar-refractivity contribution is -0.383. The third-order valence-corrected chi connectivity index (χ3v) is 2.53. The van der Waals surface area contributed by atoms with Crippen LogP contribution in [0.15, 0.2) is 30.6 Å². The van der Waals surface area contributed by atoms with E-state index in [1.165, 1.54) is 12.3 Å². The van der Waals surface area contributed by atoms with E-state index in [2.05, 4.69) is 4.98 Å². The van der Waals surface area contributed by atoms with Crippen LogP contribution in [0.2, 0.25) is 0 Å². The number of anilines is 1. The highest BCUT2D eigenvalue weighted by Crippen LogP contribution is 2.25. The highest BCUT2D eigenvalue weighted by atomic mass is 16.6. The first kappa shape index (κ1) is 11.6. The number of hydrogen-bond acceptors (Lipinski definition) is 5. The molecule has 1 aromatic carbocycles. The van der Waals surface area contributed by atoms with Crippen molar-refractivity contribution in [1.29, 1.82) is 5.26 Å². The summed E-state index contributed by atoms with van der Waals surface area (Å²) < 4.78 is 1.58. The van der Waals surface area contributed by atoms with Gasteiger partial charge in [-0.05, 0) is 0 Å². The molecule has 1 aromatic heterocycles. The van der Waals surface area contributed by atoms with Crippen molar-refractivity contribution in [3.63, 3.8) is 0 Å². The Morgan fingerprint density at radius 3 is 3.00 bits per heavy atom. The number of para-hydroxylation sites is 1. The molecule has 0 aliphatic rings. The molecule has 1 heterocycles. The monoisotopic (exact) mass is 243 g/mol. The highest BCUT2D eigenvalue weighted by Gasteiger charge is 2.15. The summed E-state index contributed by atoms with van der Waals surface area (Å²) in [5.74, 6) is 0.237. The van der Waals surface area contributed by atoms with Gasteiger partial charge >= 0.3 is 0 Å². The van der Waals surface area contributed by atoms with Gasteiger partial charge in [-0.25, -0.2) is 4.98 Å².